The van der Waals surface area contributed by atoms with E-state index < -0.39 is 18.2 Å². The molecule has 0 saturated heterocycles. The molecule has 5 heteroatoms. The number of rotatable bonds is 66. The molecular weight excluding hydrogens is 931 g/mol. The molecule has 0 aliphatic rings. The third-order valence-corrected chi connectivity index (χ3v) is 16.8. The summed E-state index contributed by atoms with van der Waals surface area (Å²) in [5.41, 5.74) is 0. The fourth-order valence-electron chi connectivity index (χ4n) is 11.4. The second-order valence-corrected chi connectivity index (χ2v) is 24.4. The van der Waals surface area contributed by atoms with Crippen LogP contribution in [0.1, 0.15) is 399 Å². The molecule has 3 unspecified atom stereocenters. The quantitative estimate of drug-likeness (QED) is 0.0361. The summed E-state index contributed by atoms with van der Waals surface area (Å²) in [7, 11) is 0. The Morgan fingerprint density at radius 3 is 0.829 bits per heavy atom. The summed E-state index contributed by atoms with van der Waals surface area (Å²) < 4.78 is 0. The van der Waals surface area contributed by atoms with Crippen molar-refractivity contribution in [3.8, 4) is 0 Å². The molecule has 0 aliphatic carbocycles. The molecule has 0 aromatic heterocycles. The van der Waals surface area contributed by atoms with Gasteiger partial charge in [-0.05, 0) is 44.9 Å². The Balaban J connectivity index is 3.45. The summed E-state index contributed by atoms with van der Waals surface area (Å²) >= 11 is 0. The molecule has 0 spiro atoms. The van der Waals surface area contributed by atoms with Gasteiger partial charge in [0.2, 0.25) is 5.91 Å². The van der Waals surface area contributed by atoms with Crippen molar-refractivity contribution in [1.29, 1.82) is 0 Å². The van der Waals surface area contributed by atoms with Gasteiger partial charge >= 0.3 is 0 Å². The normalized spacial score (nSPS) is 13.2. The van der Waals surface area contributed by atoms with Crippen LogP contribution in [0.3, 0.4) is 0 Å². The monoisotopic (exact) mass is 1070 g/mol. The Kier molecular flexibility index (Phi) is 65.3. The van der Waals surface area contributed by atoms with Gasteiger partial charge in [0.1, 0.15) is 6.10 Å². The topological polar surface area (TPSA) is 89.8 Å². The SMILES string of the molecule is CCCCCCCCCCCCCCCCC/C=C\C/C=C\CCCCCCCCCCCCCCCCCCCC(=O)NC(CO)C(O)C(O)CCCCCCCCCCCCCCCCCCCCCCCCC. The number of aliphatic hydroxyl groups excluding tert-OH is 3. The van der Waals surface area contributed by atoms with Crippen molar-refractivity contribution in [2.24, 2.45) is 0 Å². The van der Waals surface area contributed by atoms with Crippen molar-refractivity contribution in [3.05, 3.63) is 24.3 Å². The van der Waals surface area contributed by atoms with Crippen molar-refractivity contribution >= 4 is 5.91 Å². The molecule has 0 bridgehead atoms. The van der Waals surface area contributed by atoms with Crippen LogP contribution in [0.2, 0.25) is 0 Å². The highest BCUT2D eigenvalue weighted by atomic mass is 16.3. The number of nitrogens with one attached hydrogen (secondary N) is 1. The summed E-state index contributed by atoms with van der Waals surface area (Å²) in [6.07, 6.45) is 86.8. The van der Waals surface area contributed by atoms with Crippen LogP contribution in [0.25, 0.3) is 0 Å². The zero-order valence-corrected chi connectivity index (χ0v) is 51.9. The van der Waals surface area contributed by atoms with E-state index in [0.717, 1.165) is 38.5 Å². The largest absolute Gasteiger partial charge is 0.394 e. The number of carbonyl (C=O) groups excluding carboxylic acids is 1. The molecule has 4 N–H and O–H groups in total. The molecule has 452 valence electrons. The molecule has 0 aliphatic heterocycles. The van der Waals surface area contributed by atoms with Crippen LogP contribution in [-0.4, -0.2) is 46.1 Å². The first-order chi connectivity index (χ1) is 37.6. The van der Waals surface area contributed by atoms with Crippen LogP contribution < -0.4 is 5.32 Å². The van der Waals surface area contributed by atoms with Gasteiger partial charge in [-0.3, -0.25) is 4.79 Å². The number of allylic oxidation sites excluding steroid dienone is 4. The molecule has 0 saturated carbocycles. The Hall–Kier alpha value is -1.17. The van der Waals surface area contributed by atoms with E-state index in [1.165, 1.54) is 334 Å². The van der Waals surface area contributed by atoms with E-state index >= 15 is 0 Å². The standard InChI is InChI=1S/C71H139NO4/c1-3-5-7-9-11-13-15-17-19-21-23-25-27-28-29-30-31-32-33-34-35-36-37-38-39-40-41-42-44-46-48-50-52-54-56-58-60-62-64-66-70(75)72-68(67-73)71(76)69(74)65-63-61-59-57-55-53-51-49-47-45-43-26-24-22-20-18-16-14-12-10-8-6-4-2/h31-32,34-35,68-69,71,73-74,76H,3-30,33,36-67H2,1-2H3,(H,72,75)/b32-31-,35-34-. The molecule has 0 fully saturated rings. The third-order valence-electron chi connectivity index (χ3n) is 16.8. The van der Waals surface area contributed by atoms with Crippen LogP contribution >= 0.6 is 0 Å². The van der Waals surface area contributed by atoms with Gasteiger partial charge in [-0.25, -0.2) is 0 Å². The number of aliphatic hydroxyl groups is 3. The Bertz CT molecular complexity index is 1140. The van der Waals surface area contributed by atoms with Crippen molar-refractivity contribution in [2.45, 2.75) is 417 Å². The summed E-state index contributed by atoms with van der Waals surface area (Å²) in [6, 6.07) is -0.809. The number of hydrogen-bond donors (Lipinski definition) is 4. The molecule has 0 aromatic rings. The van der Waals surface area contributed by atoms with Gasteiger partial charge < -0.3 is 20.6 Å². The maximum atomic E-state index is 12.6. The second kappa shape index (κ2) is 66.3. The molecule has 0 aromatic carbocycles. The molecule has 0 rings (SSSR count). The van der Waals surface area contributed by atoms with Gasteiger partial charge in [0, 0.05) is 6.42 Å². The van der Waals surface area contributed by atoms with Gasteiger partial charge in [0.05, 0.1) is 18.8 Å². The summed E-state index contributed by atoms with van der Waals surface area (Å²) in [6.45, 7) is 4.24. The number of carbonyl (C=O) groups is 1. The average Bonchev–Trinajstić information content (AvgIpc) is 3.42. The zero-order valence-electron chi connectivity index (χ0n) is 51.9. The summed E-state index contributed by atoms with van der Waals surface area (Å²) in [5, 5.41) is 33.9. The lowest BCUT2D eigenvalue weighted by molar-refractivity contribution is -0.124. The van der Waals surface area contributed by atoms with Crippen molar-refractivity contribution < 1.29 is 20.1 Å². The lowest BCUT2D eigenvalue weighted by Gasteiger charge is -2.26. The van der Waals surface area contributed by atoms with Crippen LogP contribution in [0.5, 0.6) is 0 Å². The molecule has 0 heterocycles. The maximum absolute atomic E-state index is 12.6. The fraction of sp³-hybridized carbons (Fsp3) is 0.930. The molecule has 76 heavy (non-hydrogen) atoms. The number of amides is 1. The van der Waals surface area contributed by atoms with Crippen LogP contribution in [-0.2, 0) is 4.79 Å². The van der Waals surface area contributed by atoms with E-state index in [0.29, 0.717) is 12.8 Å². The van der Waals surface area contributed by atoms with E-state index in [9.17, 15) is 20.1 Å². The first kappa shape index (κ1) is 74.8. The summed E-state index contributed by atoms with van der Waals surface area (Å²) in [5.74, 6) is -0.137. The minimum absolute atomic E-state index is 0.137. The predicted molar refractivity (Wildman–Crippen MR) is 338 cm³/mol. The van der Waals surface area contributed by atoms with Gasteiger partial charge in [-0.2, -0.15) is 0 Å². The number of unbranched alkanes of at least 4 members (excludes halogenated alkanes) is 54. The van der Waals surface area contributed by atoms with E-state index in [1.807, 2.05) is 0 Å². The minimum Gasteiger partial charge on any atom is -0.394 e. The highest BCUT2D eigenvalue weighted by molar-refractivity contribution is 5.76. The van der Waals surface area contributed by atoms with Gasteiger partial charge in [0.15, 0.2) is 0 Å². The smallest absolute Gasteiger partial charge is 0.220 e. The van der Waals surface area contributed by atoms with E-state index in [1.54, 1.807) is 0 Å². The van der Waals surface area contributed by atoms with Crippen LogP contribution in [0, 0.1) is 0 Å². The van der Waals surface area contributed by atoms with E-state index in [2.05, 4.69) is 43.5 Å². The van der Waals surface area contributed by atoms with E-state index in [4.69, 9.17) is 0 Å². The molecule has 5 nitrogen and oxygen atoms in total. The Labute approximate surface area is 477 Å². The molecule has 1 amide bonds. The lowest BCUT2D eigenvalue weighted by Crippen LogP contribution is -2.50. The van der Waals surface area contributed by atoms with Gasteiger partial charge in [-0.1, -0.05) is 372 Å². The second-order valence-electron chi connectivity index (χ2n) is 24.4. The Morgan fingerprint density at radius 2 is 0.566 bits per heavy atom. The van der Waals surface area contributed by atoms with Crippen molar-refractivity contribution in [3.63, 3.8) is 0 Å². The summed E-state index contributed by atoms with van der Waals surface area (Å²) in [4.78, 5) is 12.6. The number of hydrogen-bond acceptors (Lipinski definition) is 4. The Morgan fingerprint density at radius 1 is 0.329 bits per heavy atom. The van der Waals surface area contributed by atoms with E-state index in [-0.39, 0.29) is 12.5 Å². The molecular formula is C71H139NO4. The van der Waals surface area contributed by atoms with Crippen LogP contribution in [0.15, 0.2) is 24.3 Å². The average molecular weight is 1070 g/mol. The highest BCUT2D eigenvalue weighted by Crippen LogP contribution is 2.20. The van der Waals surface area contributed by atoms with Gasteiger partial charge in [0.25, 0.3) is 0 Å². The highest BCUT2D eigenvalue weighted by Gasteiger charge is 2.26. The zero-order chi connectivity index (χ0) is 55.0. The first-order valence-electron chi connectivity index (χ1n) is 35.1. The molecule has 3 atom stereocenters. The predicted octanol–water partition coefficient (Wildman–Crippen LogP) is 22.7. The fourth-order valence-corrected chi connectivity index (χ4v) is 11.4. The van der Waals surface area contributed by atoms with Gasteiger partial charge in [-0.15, -0.1) is 0 Å². The minimum atomic E-state index is -1.14. The maximum Gasteiger partial charge on any atom is 0.220 e. The van der Waals surface area contributed by atoms with Crippen LogP contribution in [0.4, 0.5) is 0 Å². The third kappa shape index (κ3) is 60.5. The first-order valence-corrected chi connectivity index (χ1v) is 35.1. The lowest BCUT2D eigenvalue weighted by atomic mass is 9.99. The molecule has 0 radical (unpaired) electrons. The van der Waals surface area contributed by atoms with Crippen molar-refractivity contribution in [1.82, 2.24) is 5.32 Å². The van der Waals surface area contributed by atoms with Crippen molar-refractivity contribution in [2.75, 3.05) is 6.61 Å².